The quantitative estimate of drug-likeness (QED) is 0.490. The molecule has 4 rings (SSSR count). The highest BCUT2D eigenvalue weighted by Gasteiger charge is 2.32. The molecule has 8 nitrogen and oxygen atoms in total. The number of carbonyl (C=O) groups is 3. The van der Waals surface area contributed by atoms with Crippen molar-refractivity contribution < 1.29 is 19.1 Å². The summed E-state index contributed by atoms with van der Waals surface area (Å²) in [6.45, 7) is 4.65. The predicted molar refractivity (Wildman–Crippen MR) is 136 cm³/mol. The van der Waals surface area contributed by atoms with Gasteiger partial charge in [0.15, 0.2) is 0 Å². The standard InChI is InChI=1S/C28H32N4O4/c1-20(2)36-28(35)25(18-31-15-13-29-19-31)30-26(33)24-12-7-14-32(17-24)27(34)23-11-6-10-22(16-23)21-8-4-3-5-9-21/h3-6,8-11,13,15-16,19-20,24-25H,7,12,14,17-18H2,1-2H3,(H,30,33)/t24?,25-/m1/s1. The molecule has 1 unspecified atom stereocenters. The third kappa shape index (κ3) is 6.38. The van der Waals surface area contributed by atoms with Crippen LogP contribution in [0.2, 0.25) is 0 Å². The van der Waals surface area contributed by atoms with Gasteiger partial charge in [0.25, 0.3) is 5.91 Å². The Morgan fingerprint density at radius 3 is 2.58 bits per heavy atom. The predicted octanol–water partition coefficient (Wildman–Crippen LogP) is 3.54. The van der Waals surface area contributed by atoms with Crippen LogP contribution in [0.1, 0.15) is 37.0 Å². The number of hydrogen-bond donors (Lipinski definition) is 1. The van der Waals surface area contributed by atoms with E-state index in [9.17, 15) is 14.4 Å². The number of nitrogens with one attached hydrogen (secondary N) is 1. The number of amides is 2. The van der Waals surface area contributed by atoms with Crippen molar-refractivity contribution in [2.45, 2.75) is 45.4 Å². The summed E-state index contributed by atoms with van der Waals surface area (Å²) in [5, 5.41) is 2.86. The summed E-state index contributed by atoms with van der Waals surface area (Å²) in [7, 11) is 0. The van der Waals surface area contributed by atoms with Gasteiger partial charge in [0.1, 0.15) is 6.04 Å². The molecule has 1 fully saturated rings. The van der Waals surface area contributed by atoms with Crippen LogP contribution in [0.25, 0.3) is 11.1 Å². The van der Waals surface area contributed by atoms with Crippen LogP contribution < -0.4 is 5.32 Å². The molecule has 1 N–H and O–H groups in total. The lowest BCUT2D eigenvalue weighted by molar-refractivity contribution is -0.152. The van der Waals surface area contributed by atoms with Gasteiger partial charge in [-0.15, -0.1) is 0 Å². The molecule has 1 saturated heterocycles. The Bertz CT molecular complexity index is 1180. The number of esters is 1. The maximum atomic E-state index is 13.3. The SMILES string of the molecule is CC(C)OC(=O)[C@@H](Cn1ccnc1)NC(=O)C1CCCN(C(=O)c2cccc(-c3ccccc3)c2)C1. The number of likely N-dealkylation sites (tertiary alicyclic amines) is 1. The second kappa shape index (κ2) is 11.7. The minimum atomic E-state index is -0.845. The number of ether oxygens (including phenoxy) is 1. The molecule has 0 aliphatic carbocycles. The van der Waals surface area contributed by atoms with E-state index in [4.69, 9.17) is 4.74 Å². The second-order valence-corrected chi connectivity index (χ2v) is 9.34. The summed E-state index contributed by atoms with van der Waals surface area (Å²) in [4.78, 5) is 44.9. The van der Waals surface area contributed by atoms with Crippen LogP contribution >= 0.6 is 0 Å². The number of aromatic nitrogens is 2. The second-order valence-electron chi connectivity index (χ2n) is 9.34. The van der Waals surface area contributed by atoms with Crippen molar-refractivity contribution in [1.82, 2.24) is 19.8 Å². The topological polar surface area (TPSA) is 93.5 Å². The van der Waals surface area contributed by atoms with Crippen LogP contribution in [0.3, 0.4) is 0 Å². The molecule has 0 spiro atoms. The molecule has 2 amide bonds. The number of rotatable bonds is 8. The maximum absolute atomic E-state index is 13.3. The van der Waals surface area contributed by atoms with E-state index in [1.54, 1.807) is 42.0 Å². The largest absolute Gasteiger partial charge is 0.461 e. The van der Waals surface area contributed by atoms with Gasteiger partial charge in [-0.3, -0.25) is 9.59 Å². The number of carbonyl (C=O) groups excluding carboxylic acids is 3. The Morgan fingerprint density at radius 1 is 1.08 bits per heavy atom. The van der Waals surface area contributed by atoms with E-state index in [2.05, 4.69) is 10.3 Å². The third-order valence-electron chi connectivity index (χ3n) is 6.20. The van der Waals surface area contributed by atoms with Gasteiger partial charge >= 0.3 is 5.97 Å². The van der Waals surface area contributed by atoms with Gasteiger partial charge in [-0.2, -0.15) is 0 Å². The van der Waals surface area contributed by atoms with Crippen molar-refractivity contribution in [1.29, 1.82) is 0 Å². The van der Waals surface area contributed by atoms with E-state index < -0.39 is 17.9 Å². The molecule has 0 saturated carbocycles. The Kier molecular flexibility index (Phi) is 8.15. The number of piperidine rings is 1. The number of benzene rings is 2. The average molecular weight is 489 g/mol. The van der Waals surface area contributed by atoms with Gasteiger partial charge in [-0.1, -0.05) is 42.5 Å². The Balaban J connectivity index is 1.43. The van der Waals surface area contributed by atoms with Crippen LogP contribution in [0, 0.1) is 5.92 Å². The monoisotopic (exact) mass is 488 g/mol. The van der Waals surface area contributed by atoms with Crippen LogP contribution in [-0.4, -0.2) is 57.5 Å². The zero-order valence-electron chi connectivity index (χ0n) is 20.7. The van der Waals surface area contributed by atoms with Gasteiger partial charge in [-0.05, 0) is 49.9 Å². The zero-order valence-corrected chi connectivity index (χ0v) is 20.7. The van der Waals surface area contributed by atoms with Gasteiger partial charge in [0, 0.05) is 31.0 Å². The Morgan fingerprint density at radius 2 is 1.86 bits per heavy atom. The van der Waals surface area contributed by atoms with Crippen LogP contribution in [-0.2, 0) is 20.9 Å². The van der Waals surface area contributed by atoms with Crippen LogP contribution in [0.15, 0.2) is 73.3 Å². The minimum absolute atomic E-state index is 0.0977. The summed E-state index contributed by atoms with van der Waals surface area (Å²) in [5.41, 5.74) is 2.61. The van der Waals surface area contributed by atoms with E-state index in [1.807, 2.05) is 54.6 Å². The molecule has 36 heavy (non-hydrogen) atoms. The molecule has 188 valence electrons. The lowest BCUT2D eigenvalue weighted by Gasteiger charge is -2.33. The molecule has 2 heterocycles. The highest BCUT2D eigenvalue weighted by molar-refractivity contribution is 5.96. The molecule has 0 radical (unpaired) electrons. The molecule has 1 aromatic heterocycles. The Hall–Kier alpha value is -3.94. The number of nitrogens with zero attached hydrogens (tertiary/aromatic N) is 3. The van der Waals surface area contributed by atoms with Crippen LogP contribution in [0.5, 0.6) is 0 Å². The molecule has 3 aromatic rings. The van der Waals surface area contributed by atoms with E-state index in [0.717, 1.165) is 11.1 Å². The highest BCUT2D eigenvalue weighted by atomic mass is 16.5. The summed E-state index contributed by atoms with van der Waals surface area (Å²) < 4.78 is 7.09. The van der Waals surface area contributed by atoms with Crippen molar-refractivity contribution in [2.24, 2.45) is 5.92 Å². The Labute approximate surface area is 211 Å². The van der Waals surface area contributed by atoms with Crippen molar-refractivity contribution in [3.63, 3.8) is 0 Å². The van der Waals surface area contributed by atoms with E-state index in [0.29, 0.717) is 31.5 Å². The fourth-order valence-corrected chi connectivity index (χ4v) is 4.41. The highest BCUT2D eigenvalue weighted by Crippen LogP contribution is 2.23. The molecule has 2 aromatic carbocycles. The number of imidazole rings is 1. The van der Waals surface area contributed by atoms with Crippen molar-refractivity contribution in [2.75, 3.05) is 13.1 Å². The van der Waals surface area contributed by atoms with Crippen LogP contribution in [0.4, 0.5) is 0 Å². The van der Waals surface area contributed by atoms with Gasteiger partial charge < -0.3 is 19.5 Å². The fraction of sp³-hybridized carbons (Fsp3) is 0.357. The summed E-state index contributed by atoms with van der Waals surface area (Å²) >= 11 is 0. The van der Waals surface area contributed by atoms with Gasteiger partial charge in [-0.25, -0.2) is 9.78 Å². The lowest BCUT2D eigenvalue weighted by Crippen LogP contribution is -2.51. The fourth-order valence-electron chi connectivity index (χ4n) is 4.41. The van der Waals surface area contributed by atoms with E-state index in [-0.39, 0.29) is 24.5 Å². The molecule has 0 bridgehead atoms. The first-order valence-electron chi connectivity index (χ1n) is 12.3. The van der Waals surface area contributed by atoms with E-state index in [1.165, 1.54) is 0 Å². The summed E-state index contributed by atoms with van der Waals surface area (Å²) in [6, 6.07) is 16.6. The molecular weight excluding hydrogens is 456 g/mol. The molecule has 2 atom stereocenters. The average Bonchev–Trinajstić information content (AvgIpc) is 3.41. The third-order valence-corrected chi connectivity index (χ3v) is 6.20. The minimum Gasteiger partial charge on any atom is -0.461 e. The molecule has 1 aliphatic heterocycles. The van der Waals surface area contributed by atoms with Gasteiger partial charge in [0.2, 0.25) is 5.91 Å². The van der Waals surface area contributed by atoms with Crippen molar-refractivity contribution in [3.8, 4) is 11.1 Å². The first kappa shape index (κ1) is 25.2. The smallest absolute Gasteiger partial charge is 0.330 e. The number of hydrogen-bond acceptors (Lipinski definition) is 5. The lowest BCUT2D eigenvalue weighted by atomic mass is 9.95. The zero-order chi connectivity index (χ0) is 25.5. The van der Waals surface area contributed by atoms with Gasteiger partial charge in [0.05, 0.1) is 24.9 Å². The maximum Gasteiger partial charge on any atom is 0.330 e. The molecule has 1 aliphatic rings. The van der Waals surface area contributed by atoms with E-state index >= 15 is 0 Å². The first-order valence-corrected chi connectivity index (χ1v) is 12.3. The molecular formula is C28H32N4O4. The summed E-state index contributed by atoms with van der Waals surface area (Å²) in [5.74, 6) is -1.25. The van der Waals surface area contributed by atoms with Crippen molar-refractivity contribution in [3.05, 3.63) is 78.9 Å². The normalized spacial score (nSPS) is 16.4. The molecule has 8 heteroatoms. The van der Waals surface area contributed by atoms with Crippen molar-refractivity contribution >= 4 is 17.8 Å². The first-order chi connectivity index (χ1) is 17.4. The summed E-state index contributed by atoms with van der Waals surface area (Å²) in [6.07, 6.45) is 6.00.